The highest BCUT2D eigenvalue weighted by Gasteiger charge is 2.31. The molecule has 132 valence electrons. The Hall–Kier alpha value is -3.27. The molecule has 0 saturated carbocycles. The smallest absolute Gasteiger partial charge is 0.280 e. The SMILES string of the molecule is Cc1oc2cc([N+](=O)[O-])c([O-])c([N+](=O)[O-])c2c1C(=O)c1ccc(Br)cc1. The molecule has 2 aromatic carbocycles. The molecule has 1 aromatic heterocycles. The van der Waals surface area contributed by atoms with Crippen molar-refractivity contribution in [3.8, 4) is 5.75 Å². The summed E-state index contributed by atoms with van der Waals surface area (Å²) in [5.74, 6) is -1.95. The van der Waals surface area contributed by atoms with E-state index in [1.807, 2.05) is 0 Å². The van der Waals surface area contributed by atoms with Crippen LogP contribution in [0.2, 0.25) is 0 Å². The van der Waals surface area contributed by atoms with Gasteiger partial charge in [0.1, 0.15) is 16.7 Å². The van der Waals surface area contributed by atoms with Crippen molar-refractivity contribution in [1.82, 2.24) is 0 Å². The minimum atomic E-state index is -1.38. The third-order valence-electron chi connectivity index (χ3n) is 3.78. The number of nitro benzene ring substituents is 2. The normalized spacial score (nSPS) is 10.8. The highest BCUT2D eigenvalue weighted by molar-refractivity contribution is 9.10. The van der Waals surface area contributed by atoms with E-state index in [2.05, 4.69) is 15.9 Å². The molecule has 9 nitrogen and oxygen atoms in total. The maximum Gasteiger partial charge on any atom is 0.280 e. The number of hydrogen-bond acceptors (Lipinski definition) is 7. The van der Waals surface area contributed by atoms with Crippen LogP contribution in [0.15, 0.2) is 39.2 Å². The molecule has 0 fully saturated rings. The lowest BCUT2D eigenvalue weighted by molar-refractivity contribution is -0.415. The Labute approximate surface area is 153 Å². The van der Waals surface area contributed by atoms with Crippen molar-refractivity contribution in [3.63, 3.8) is 0 Å². The lowest BCUT2D eigenvalue weighted by Crippen LogP contribution is -2.06. The van der Waals surface area contributed by atoms with E-state index in [1.165, 1.54) is 19.1 Å². The Kier molecular flexibility index (Phi) is 4.20. The third kappa shape index (κ3) is 2.69. The maximum atomic E-state index is 12.8. The predicted molar refractivity (Wildman–Crippen MR) is 91.3 cm³/mol. The zero-order valence-corrected chi connectivity index (χ0v) is 14.6. The number of carbonyl (C=O) groups excluding carboxylic acids is 1. The van der Waals surface area contributed by atoms with Crippen LogP contribution in [0.1, 0.15) is 21.7 Å². The summed E-state index contributed by atoms with van der Waals surface area (Å²) in [7, 11) is 0. The van der Waals surface area contributed by atoms with Crippen LogP contribution >= 0.6 is 15.9 Å². The predicted octanol–water partition coefficient (Wildman–Crippen LogP) is 3.62. The van der Waals surface area contributed by atoms with Gasteiger partial charge in [-0.15, -0.1) is 0 Å². The van der Waals surface area contributed by atoms with Gasteiger partial charge in [0.05, 0.1) is 27.2 Å². The van der Waals surface area contributed by atoms with E-state index in [9.17, 15) is 30.1 Å². The van der Waals surface area contributed by atoms with Crippen LogP contribution in [-0.4, -0.2) is 15.6 Å². The number of hydrogen-bond donors (Lipinski definition) is 0. The number of nitro groups is 2. The number of fused-ring (bicyclic) bond motifs is 1. The van der Waals surface area contributed by atoms with E-state index in [1.54, 1.807) is 12.1 Å². The fourth-order valence-corrected chi connectivity index (χ4v) is 2.92. The molecule has 0 amide bonds. The van der Waals surface area contributed by atoms with E-state index in [0.29, 0.717) is 0 Å². The van der Waals surface area contributed by atoms with Gasteiger partial charge in [0.25, 0.3) is 11.4 Å². The van der Waals surface area contributed by atoms with Crippen molar-refractivity contribution in [2.75, 3.05) is 0 Å². The van der Waals surface area contributed by atoms with Gasteiger partial charge in [-0.05, 0) is 31.2 Å². The third-order valence-corrected chi connectivity index (χ3v) is 4.31. The monoisotopic (exact) mass is 419 g/mol. The fourth-order valence-electron chi connectivity index (χ4n) is 2.66. The number of carbonyl (C=O) groups is 1. The van der Waals surface area contributed by atoms with Crippen LogP contribution < -0.4 is 5.11 Å². The van der Waals surface area contributed by atoms with Gasteiger partial charge in [-0.3, -0.25) is 25.0 Å². The van der Waals surface area contributed by atoms with Gasteiger partial charge < -0.3 is 9.52 Å². The largest absolute Gasteiger partial charge is 0.863 e. The Balaban J connectivity index is 2.36. The molecule has 0 radical (unpaired) electrons. The first-order valence-corrected chi connectivity index (χ1v) is 7.87. The number of benzene rings is 2. The van der Waals surface area contributed by atoms with Crippen LogP contribution in [-0.2, 0) is 0 Å². The molecule has 0 bridgehead atoms. The molecule has 0 aliphatic rings. The Bertz CT molecular complexity index is 1090. The van der Waals surface area contributed by atoms with Crippen LogP contribution in [0.5, 0.6) is 5.75 Å². The lowest BCUT2D eigenvalue weighted by atomic mass is 9.99. The van der Waals surface area contributed by atoms with Crippen molar-refractivity contribution >= 4 is 44.1 Å². The van der Waals surface area contributed by atoms with Gasteiger partial charge in [0.2, 0.25) is 0 Å². The molecule has 0 unspecified atom stereocenters. The molecule has 0 atom stereocenters. The van der Waals surface area contributed by atoms with E-state index in [0.717, 1.165) is 10.5 Å². The Morgan fingerprint density at radius 1 is 1.12 bits per heavy atom. The van der Waals surface area contributed by atoms with Crippen molar-refractivity contribution < 1.29 is 24.2 Å². The van der Waals surface area contributed by atoms with E-state index in [4.69, 9.17) is 4.42 Å². The van der Waals surface area contributed by atoms with Crippen molar-refractivity contribution in [2.24, 2.45) is 0 Å². The molecule has 0 N–H and O–H groups in total. The average Bonchev–Trinajstić information content (AvgIpc) is 2.89. The van der Waals surface area contributed by atoms with Crippen molar-refractivity contribution in [2.45, 2.75) is 6.92 Å². The van der Waals surface area contributed by atoms with E-state index in [-0.39, 0.29) is 27.9 Å². The number of furan rings is 1. The molecule has 0 aliphatic heterocycles. The Morgan fingerprint density at radius 3 is 2.27 bits per heavy atom. The van der Waals surface area contributed by atoms with Gasteiger partial charge in [0, 0.05) is 10.0 Å². The molecule has 3 rings (SSSR count). The summed E-state index contributed by atoms with van der Waals surface area (Å²) >= 11 is 3.23. The minimum absolute atomic E-state index is 0.0240. The molecule has 1 heterocycles. The number of nitrogens with zero attached hydrogens (tertiary/aromatic N) is 2. The summed E-state index contributed by atoms with van der Waals surface area (Å²) < 4.78 is 6.05. The summed E-state index contributed by atoms with van der Waals surface area (Å²) in [6.45, 7) is 1.39. The highest BCUT2D eigenvalue weighted by Crippen LogP contribution is 2.44. The standard InChI is InChI=1S/C16H9BrN2O7/c1-7-12(15(20)8-2-4-9(17)5-3-8)13-11(26-7)6-10(18(22)23)16(21)14(13)19(24)25/h2-6,21H,1H3/p-1. The number of ketones is 1. The second kappa shape index (κ2) is 6.23. The fraction of sp³-hybridized carbons (Fsp3) is 0.0625. The van der Waals surface area contributed by atoms with Gasteiger partial charge in [-0.2, -0.15) is 0 Å². The van der Waals surface area contributed by atoms with Crippen LogP contribution in [0.3, 0.4) is 0 Å². The van der Waals surface area contributed by atoms with Crippen LogP contribution in [0.25, 0.3) is 11.0 Å². The molecular formula is C16H8BrN2O7-. The van der Waals surface area contributed by atoms with Crippen molar-refractivity contribution in [3.05, 3.63) is 71.9 Å². The quantitative estimate of drug-likeness (QED) is 0.357. The van der Waals surface area contributed by atoms with Gasteiger partial charge in [-0.25, -0.2) is 0 Å². The molecule has 0 spiro atoms. The molecule has 0 aliphatic carbocycles. The zero-order chi connectivity index (χ0) is 19.2. The summed E-state index contributed by atoms with van der Waals surface area (Å²) in [6, 6.07) is 7.03. The van der Waals surface area contributed by atoms with Crippen LogP contribution in [0, 0.1) is 27.2 Å². The Morgan fingerprint density at radius 2 is 1.73 bits per heavy atom. The first-order valence-electron chi connectivity index (χ1n) is 7.08. The van der Waals surface area contributed by atoms with Crippen LogP contribution in [0.4, 0.5) is 11.4 Å². The summed E-state index contributed by atoms with van der Waals surface area (Å²) in [5, 5.41) is 34.2. The van der Waals surface area contributed by atoms with Gasteiger partial charge >= 0.3 is 0 Å². The summed E-state index contributed by atoms with van der Waals surface area (Å²) in [4.78, 5) is 33.2. The number of aryl methyl sites for hydroxylation is 1. The van der Waals surface area contributed by atoms with E-state index >= 15 is 0 Å². The molecular weight excluding hydrogens is 412 g/mol. The molecule has 26 heavy (non-hydrogen) atoms. The molecule has 0 saturated heterocycles. The summed E-state index contributed by atoms with van der Waals surface area (Å²) in [5.41, 5.74) is -2.24. The summed E-state index contributed by atoms with van der Waals surface area (Å²) in [6.07, 6.45) is 0. The second-order valence-corrected chi connectivity index (χ2v) is 6.25. The number of rotatable bonds is 4. The second-order valence-electron chi connectivity index (χ2n) is 5.33. The van der Waals surface area contributed by atoms with E-state index < -0.39 is 32.8 Å². The lowest BCUT2D eigenvalue weighted by Gasteiger charge is -2.08. The van der Waals surface area contributed by atoms with Gasteiger partial charge in [0.15, 0.2) is 5.78 Å². The molecule has 3 aromatic rings. The minimum Gasteiger partial charge on any atom is -0.863 e. The first-order chi connectivity index (χ1) is 12.2. The maximum absolute atomic E-state index is 12.8. The van der Waals surface area contributed by atoms with Crippen molar-refractivity contribution in [1.29, 1.82) is 0 Å². The number of halogens is 1. The first kappa shape index (κ1) is 17.5. The van der Waals surface area contributed by atoms with Gasteiger partial charge in [-0.1, -0.05) is 15.9 Å². The highest BCUT2D eigenvalue weighted by atomic mass is 79.9. The molecule has 10 heteroatoms. The average molecular weight is 420 g/mol. The zero-order valence-electron chi connectivity index (χ0n) is 13.0. The topological polar surface area (TPSA) is 140 Å².